The Labute approximate surface area is 184 Å². The first-order valence-electron chi connectivity index (χ1n) is 10.0. The Morgan fingerprint density at radius 1 is 1.26 bits per heavy atom. The zero-order valence-electron chi connectivity index (χ0n) is 17.0. The van der Waals surface area contributed by atoms with Crippen molar-refractivity contribution in [1.82, 2.24) is 19.7 Å². The van der Waals surface area contributed by atoms with Gasteiger partial charge in [-0.2, -0.15) is 5.10 Å². The molecule has 0 unspecified atom stereocenters. The number of rotatable bonds is 7. The zero-order chi connectivity index (χ0) is 22.0. The Bertz CT molecular complexity index is 1020. The first kappa shape index (κ1) is 21.7. The second kappa shape index (κ2) is 8.90. The van der Waals surface area contributed by atoms with Crippen LogP contribution >= 0.6 is 11.6 Å². The van der Waals surface area contributed by atoms with Crippen LogP contribution in [0.5, 0.6) is 5.75 Å². The summed E-state index contributed by atoms with van der Waals surface area (Å²) in [7, 11) is 0. The second-order valence-electron chi connectivity index (χ2n) is 7.79. The molecule has 0 amide bonds. The number of aromatic nitrogens is 3. The van der Waals surface area contributed by atoms with E-state index >= 15 is 0 Å². The summed E-state index contributed by atoms with van der Waals surface area (Å²) in [5.41, 5.74) is -1.65. The summed E-state index contributed by atoms with van der Waals surface area (Å²) >= 11 is 5.93. The third-order valence-corrected chi connectivity index (χ3v) is 6.05. The molecule has 6 nitrogen and oxygen atoms in total. The van der Waals surface area contributed by atoms with Crippen molar-refractivity contribution < 1.29 is 18.6 Å². The number of hydrogen-bond acceptors (Lipinski definition) is 5. The van der Waals surface area contributed by atoms with Gasteiger partial charge in [0, 0.05) is 35.8 Å². The van der Waals surface area contributed by atoms with Crippen molar-refractivity contribution >= 4 is 11.6 Å². The van der Waals surface area contributed by atoms with E-state index < -0.39 is 23.3 Å². The lowest BCUT2D eigenvalue weighted by Crippen LogP contribution is -2.51. The second-order valence-corrected chi connectivity index (χ2v) is 8.23. The quantitative estimate of drug-likeness (QED) is 0.598. The van der Waals surface area contributed by atoms with Crippen molar-refractivity contribution in [2.45, 2.75) is 37.6 Å². The third kappa shape index (κ3) is 4.71. The van der Waals surface area contributed by atoms with Gasteiger partial charge in [0.25, 0.3) is 0 Å². The first-order valence-corrected chi connectivity index (χ1v) is 10.4. The van der Waals surface area contributed by atoms with Crippen LogP contribution in [0.1, 0.15) is 18.9 Å². The van der Waals surface area contributed by atoms with Crippen LogP contribution in [-0.2, 0) is 12.1 Å². The molecule has 0 spiro atoms. The molecule has 31 heavy (non-hydrogen) atoms. The van der Waals surface area contributed by atoms with E-state index in [2.05, 4.69) is 10.1 Å². The van der Waals surface area contributed by atoms with Gasteiger partial charge >= 0.3 is 0 Å². The molecule has 3 aromatic rings. The van der Waals surface area contributed by atoms with E-state index in [-0.39, 0.29) is 18.2 Å². The summed E-state index contributed by atoms with van der Waals surface area (Å²) in [4.78, 5) is 5.94. The number of hydrogen-bond donors (Lipinski definition) is 1. The number of nitrogens with zero attached hydrogens (tertiary/aromatic N) is 4. The van der Waals surface area contributed by atoms with Crippen LogP contribution in [0.2, 0.25) is 5.02 Å². The summed E-state index contributed by atoms with van der Waals surface area (Å²) in [5, 5.41) is 16.4. The third-order valence-electron chi connectivity index (χ3n) is 5.80. The average Bonchev–Trinajstić information content (AvgIpc) is 3.41. The van der Waals surface area contributed by atoms with Gasteiger partial charge in [0.05, 0.1) is 6.54 Å². The van der Waals surface area contributed by atoms with Gasteiger partial charge in [0.1, 0.15) is 41.7 Å². The number of benzene rings is 2. The Hall–Kier alpha value is -2.55. The lowest BCUT2D eigenvalue weighted by atomic mass is 9.85. The molecule has 0 aliphatic carbocycles. The van der Waals surface area contributed by atoms with Gasteiger partial charge in [-0.05, 0) is 43.7 Å². The van der Waals surface area contributed by atoms with Crippen LogP contribution in [0.3, 0.4) is 0 Å². The maximum atomic E-state index is 14.7. The molecule has 1 N–H and O–H groups in total. The van der Waals surface area contributed by atoms with Gasteiger partial charge in [0.2, 0.25) is 0 Å². The predicted molar refractivity (Wildman–Crippen MR) is 112 cm³/mol. The van der Waals surface area contributed by atoms with E-state index in [9.17, 15) is 13.9 Å². The van der Waals surface area contributed by atoms with Gasteiger partial charge in [-0.3, -0.25) is 4.90 Å². The number of likely N-dealkylation sites (tertiary alicyclic amines) is 1. The minimum atomic E-state index is -1.67. The van der Waals surface area contributed by atoms with Crippen LogP contribution in [0.15, 0.2) is 55.1 Å². The molecule has 2 aromatic carbocycles. The normalized spacial score (nSPS) is 19.8. The maximum Gasteiger partial charge on any atom is 0.137 e. The molecule has 0 bridgehead atoms. The Kier molecular flexibility index (Phi) is 6.22. The minimum Gasteiger partial charge on any atom is -0.489 e. The Balaban J connectivity index is 1.55. The molecular weight excluding hydrogens is 426 g/mol. The molecule has 2 heterocycles. The topological polar surface area (TPSA) is 63.4 Å². The molecule has 0 saturated carbocycles. The van der Waals surface area contributed by atoms with E-state index in [0.717, 1.165) is 18.6 Å². The molecule has 0 radical (unpaired) electrons. The lowest BCUT2D eigenvalue weighted by Gasteiger charge is -2.39. The molecule has 1 aliphatic heterocycles. The Morgan fingerprint density at radius 3 is 2.71 bits per heavy atom. The van der Waals surface area contributed by atoms with Gasteiger partial charge in [-0.1, -0.05) is 17.7 Å². The maximum absolute atomic E-state index is 14.7. The summed E-state index contributed by atoms with van der Waals surface area (Å²) in [6.45, 7) is 2.99. The highest BCUT2D eigenvalue weighted by Crippen LogP contribution is 2.34. The fourth-order valence-corrected chi connectivity index (χ4v) is 4.18. The SMILES string of the molecule is C[C@@H](N1CC[C@H](Oc2ccc(Cl)cc2)C1)[C@](O)(Cn1cncn1)c1ccc(F)cc1F. The van der Waals surface area contributed by atoms with Crippen LogP contribution in [0, 0.1) is 11.6 Å². The molecule has 3 atom stereocenters. The highest BCUT2D eigenvalue weighted by atomic mass is 35.5. The van der Waals surface area contributed by atoms with Crippen molar-refractivity contribution in [3.05, 3.63) is 77.3 Å². The largest absolute Gasteiger partial charge is 0.489 e. The van der Waals surface area contributed by atoms with Crippen molar-refractivity contribution in [1.29, 1.82) is 0 Å². The van der Waals surface area contributed by atoms with Crippen LogP contribution in [-0.4, -0.2) is 50.0 Å². The van der Waals surface area contributed by atoms with Gasteiger partial charge < -0.3 is 9.84 Å². The monoisotopic (exact) mass is 448 g/mol. The molecule has 164 valence electrons. The summed E-state index contributed by atoms with van der Waals surface area (Å²) in [6.07, 6.45) is 3.46. The zero-order valence-corrected chi connectivity index (χ0v) is 17.7. The number of halogens is 3. The van der Waals surface area contributed by atoms with Crippen molar-refractivity contribution in [2.24, 2.45) is 0 Å². The van der Waals surface area contributed by atoms with Crippen molar-refractivity contribution in [3.8, 4) is 5.75 Å². The highest BCUT2D eigenvalue weighted by Gasteiger charge is 2.44. The minimum absolute atomic E-state index is 0.0129. The summed E-state index contributed by atoms with van der Waals surface area (Å²) < 4.78 is 35.7. The van der Waals surface area contributed by atoms with E-state index in [4.69, 9.17) is 16.3 Å². The van der Waals surface area contributed by atoms with Crippen LogP contribution in [0.4, 0.5) is 8.78 Å². The van der Waals surface area contributed by atoms with Crippen molar-refractivity contribution in [2.75, 3.05) is 13.1 Å². The number of aliphatic hydroxyl groups is 1. The van der Waals surface area contributed by atoms with Gasteiger partial charge in [-0.25, -0.2) is 18.4 Å². The molecular formula is C22H23ClF2N4O2. The van der Waals surface area contributed by atoms with E-state index in [1.807, 2.05) is 24.0 Å². The molecule has 1 fully saturated rings. The fraction of sp³-hybridized carbons (Fsp3) is 0.364. The molecule has 9 heteroatoms. The van der Waals surface area contributed by atoms with Gasteiger partial charge in [0.15, 0.2) is 0 Å². The lowest BCUT2D eigenvalue weighted by molar-refractivity contribution is -0.0596. The molecule has 1 saturated heterocycles. The average molecular weight is 449 g/mol. The Morgan fingerprint density at radius 2 is 2.03 bits per heavy atom. The summed E-state index contributed by atoms with van der Waals surface area (Å²) in [6, 6.07) is 9.86. The van der Waals surface area contributed by atoms with Crippen LogP contribution in [0.25, 0.3) is 0 Å². The molecule has 1 aromatic heterocycles. The molecule has 4 rings (SSSR count). The molecule has 1 aliphatic rings. The highest BCUT2D eigenvalue weighted by molar-refractivity contribution is 6.30. The van der Waals surface area contributed by atoms with E-state index in [1.54, 1.807) is 12.1 Å². The van der Waals surface area contributed by atoms with Gasteiger partial charge in [-0.15, -0.1) is 0 Å². The van der Waals surface area contributed by atoms with E-state index in [1.165, 1.54) is 23.4 Å². The smallest absolute Gasteiger partial charge is 0.137 e. The van der Waals surface area contributed by atoms with Crippen LogP contribution < -0.4 is 4.74 Å². The number of ether oxygens (including phenoxy) is 1. The van der Waals surface area contributed by atoms with E-state index in [0.29, 0.717) is 23.9 Å². The predicted octanol–water partition coefficient (Wildman–Crippen LogP) is 3.64. The van der Waals surface area contributed by atoms with Crippen molar-refractivity contribution in [3.63, 3.8) is 0 Å². The standard InChI is InChI=1S/C22H23ClF2N4O2/c1-15(28-9-8-19(11-28)31-18-5-2-16(23)3-6-18)22(30,12-29-14-26-13-27-29)20-7-4-17(24)10-21(20)25/h2-7,10,13-15,19,30H,8-9,11-12H2,1H3/t15-,19+,22-/m1/s1. The fourth-order valence-electron chi connectivity index (χ4n) is 4.05. The summed E-state index contributed by atoms with van der Waals surface area (Å²) in [5.74, 6) is -0.788. The first-order chi connectivity index (χ1) is 14.8.